The molecule has 2 aliphatic rings. The highest BCUT2D eigenvalue weighted by Gasteiger charge is 2.45. The third-order valence-electron chi connectivity index (χ3n) is 4.01. The SMILES string of the molecule is CNC1CC2CC2CN(c2ccccc2)C1=O. The van der Waals surface area contributed by atoms with Gasteiger partial charge in [0.05, 0.1) is 6.04 Å². The molecule has 1 saturated heterocycles. The van der Waals surface area contributed by atoms with Crippen LogP contribution in [-0.2, 0) is 4.79 Å². The van der Waals surface area contributed by atoms with Crippen molar-refractivity contribution in [1.82, 2.24) is 5.32 Å². The third-order valence-corrected chi connectivity index (χ3v) is 4.01. The molecule has 0 bridgehead atoms. The first kappa shape index (κ1) is 10.8. The van der Waals surface area contributed by atoms with Gasteiger partial charge in [-0.15, -0.1) is 0 Å². The molecule has 1 aliphatic carbocycles. The van der Waals surface area contributed by atoms with Gasteiger partial charge in [0, 0.05) is 12.2 Å². The van der Waals surface area contributed by atoms with Crippen molar-refractivity contribution in [2.45, 2.75) is 18.9 Å². The van der Waals surface area contributed by atoms with Gasteiger partial charge in [-0.2, -0.15) is 0 Å². The van der Waals surface area contributed by atoms with E-state index in [1.54, 1.807) is 0 Å². The standard InChI is InChI=1S/C14H18N2O/c1-15-13-8-10-7-11(10)9-16(14(13)17)12-5-3-2-4-6-12/h2-6,10-11,13,15H,7-9H2,1H3. The topological polar surface area (TPSA) is 32.3 Å². The van der Waals surface area contributed by atoms with Crippen molar-refractivity contribution in [1.29, 1.82) is 0 Å². The van der Waals surface area contributed by atoms with Gasteiger partial charge in [-0.1, -0.05) is 18.2 Å². The average molecular weight is 230 g/mol. The van der Waals surface area contributed by atoms with Gasteiger partial charge in [0.2, 0.25) is 5.91 Å². The summed E-state index contributed by atoms with van der Waals surface area (Å²) in [5.41, 5.74) is 1.03. The minimum Gasteiger partial charge on any atom is -0.311 e. The number of carbonyl (C=O) groups is 1. The summed E-state index contributed by atoms with van der Waals surface area (Å²) in [5.74, 6) is 1.70. The number of benzene rings is 1. The number of carbonyl (C=O) groups excluding carboxylic acids is 1. The summed E-state index contributed by atoms with van der Waals surface area (Å²) in [7, 11) is 1.88. The van der Waals surface area contributed by atoms with E-state index in [1.165, 1.54) is 6.42 Å². The molecule has 0 spiro atoms. The molecule has 1 amide bonds. The lowest BCUT2D eigenvalue weighted by atomic mass is 10.1. The first-order valence-electron chi connectivity index (χ1n) is 6.33. The molecule has 3 unspecified atom stereocenters. The Morgan fingerprint density at radius 2 is 1.94 bits per heavy atom. The van der Waals surface area contributed by atoms with Gasteiger partial charge < -0.3 is 10.2 Å². The largest absolute Gasteiger partial charge is 0.311 e. The lowest BCUT2D eigenvalue weighted by Crippen LogP contribution is -2.45. The van der Waals surface area contributed by atoms with E-state index in [-0.39, 0.29) is 11.9 Å². The zero-order chi connectivity index (χ0) is 11.8. The molecule has 1 N–H and O–H groups in total. The number of likely N-dealkylation sites (N-methyl/N-ethyl adjacent to an activating group) is 1. The van der Waals surface area contributed by atoms with E-state index >= 15 is 0 Å². The number of anilines is 1. The van der Waals surface area contributed by atoms with Gasteiger partial charge in [0.15, 0.2) is 0 Å². The van der Waals surface area contributed by atoms with E-state index in [9.17, 15) is 4.79 Å². The second-order valence-corrected chi connectivity index (χ2v) is 5.12. The van der Waals surface area contributed by atoms with Gasteiger partial charge >= 0.3 is 0 Å². The summed E-state index contributed by atoms with van der Waals surface area (Å²) >= 11 is 0. The molecule has 0 radical (unpaired) electrons. The molecule has 3 nitrogen and oxygen atoms in total. The monoisotopic (exact) mass is 230 g/mol. The number of hydrogen-bond donors (Lipinski definition) is 1. The second-order valence-electron chi connectivity index (χ2n) is 5.12. The number of rotatable bonds is 2. The smallest absolute Gasteiger partial charge is 0.244 e. The van der Waals surface area contributed by atoms with Crippen LogP contribution in [0.25, 0.3) is 0 Å². The molecule has 3 atom stereocenters. The number of amides is 1. The Labute approximate surface area is 102 Å². The quantitative estimate of drug-likeness (QED) is 0.838. The van der Waals surface area contributed by atoms with Gasteiger partial charge in [0.1, 0.15) is 0 Å². The predicted octanol–water partition coefficient (Wildman–Crippen LogP) is 1.65. The fraction of sp³-hybridized carbons (Fsp3) is 0.500. The van der Waals surface area contributed by atoms with Crippen LogP contribution in [0.15, 0.2) is 30.3 Å². The van der Waals surface area contributed by atoms with Crippen LogP contribution >= 0.6 is 0 Å². The maximum Gasteiger partial charge on any atom is 0.244 e. The summed E-state index contributed by atoms with van der Waals surface area (Å²) in [6.45, 7) is 0.895. The Bertz CT molecular complexity index is 417. The summed E-state index contributed by atoms with van der Waals surface area (Å²) in [4.78, 5) is 14.4. The predicted molar refractivity (Wildman–Crippen MR) is 67.9 cm³/mol. The minimum absolute atomic E-state index is 0.00675. The molecule has 90 valence electrons. The van der Waals surface area contributed by atoms with Crippen LogP contribution in [0.2, 0.25) is 0 Å². The number of fused-ring (bicyclic) bond motifs is 1. The maximum absolute atomic E-state index is 12.4. The van der Waals surface area contributed by atoms with Crippen molar-refractivity contribution in [3.8, 4) is 0 Å². The highest BCUT2D eigenvalue weighted by Crippen LogP contribution is 2.45. The molecular weight excluding hydrogens is 212 g/mol. The van der Waals surface area contributed by atoms with Crippen LogP contribution in [0.4, 0.5) is 5.69 Å². The van der Waals surface area contributed by atoms with Crippen LogP contribution in [-0.4, -0.2) is 25.5 Å². The molecule has 1 heterocycles. The average Bonchev–Trinajstić information content (AvgIpc) is 3.11. The molecule has 17 heavy (non-hydrogen) atoms. The molecule has 1 aromatic rings. The lowest BCUT2D eigenvalue weighted by Gasteiger charge is -2.25. The zero-order valence-electron chi connectivity index (χ0n) is 10.1. The minimum atomic E-state index is -0.00675. The van der Waals surface area contributed by atoms with Crippen LogP contribution in [0, 0.1) is 11.8 Å². The Morgan fingerprint density at radius 3 is 2.65 bits per heavy atom. The Morgan fingerprint density at radius 1 is 1.18 bits per heavy atom. The van der Waals surface area contributed by atoms with Gasteiger partial charge in [-0.25, -0.2) is 0 Å². The summed E-state index contributed by atoms with van der Waals surface area (Å²) in [6, 6.07) is 10.0. The van der Waals surface area contributed by atoms with Gasteiger partial charge in [-0.05, 0) is 43.9 Å². The van der Waals surface area contributed by atoms with E-state index in [1.807, 2.05) is 42.3 Å². The van der Waals surface area contributed by atoms with E-state index < -0.39 is 0 Å². The third kappa shape index (κ3) is 1.95. The van der Waals surface area contributed by atoms with Crippen LogP contribution in [0.5, 0.6) is 0 Å². The highest BCUT2D eigenvalue weighted by molar-refractivity contribution is 5.97. The zero-order valence-corrected chi connectivity index (χ0v) is 10.1. The van der Waals surface area contributed by atoms with Crippen molar-refractivity contribution in [3.63, 3.8) is 0 Å². The van der Waals surface area contributed by atoms with Crippen molar-refractivity contribution in [3.05, 3.63) is 30.3 Å². The normalized spacial score (nSPS) is 31.9. The van der Waals surface area contributed by atoms with Crippen molar-refractivity contribution in [2.24, 2.45) is 11.8 Å². The van der Waals surface area contributed by atoms with Crippen molar-refractivity contribution < 1.29 is 4.79 Å². The van der Waals surface area contributed by atoms with Crippen molar-refractivity contribution >= 4 is 11.6 Å². The molecule has 1 saturated carbocycles. The summed E-state index contributed by atoms with van der Waals surface area (Å²) in [6.07, 6.45) is 2.29. The Balaban J connectivity index is 1.89. The Kier molecular flexibility index (Phi) is 2.63. The van der Waals surface area contributed by atoms with Gasteiger partial charge in [0.25, 0.3) is 0 Å². The molecular formula is C14H18N2O. The van der Waals surface area contributed by atoms with E-state index in [4.69, 9.17) is 0 Å². The van der Waals surface area contributed by atoms with Crippen LogP contribution < -0.4 is 10.2 Å². The number of hydrogen-bond acceptors (Lipinski definition) is 2. The van der Waals surface area contributed by atoms with Gasteiger partial charge in [-0.3, -0.25) is 4.79 Å². The molecule has 3 rings (SSSR count). The molecule has 1 aromatic carbocycles. The molecule has 3 heteroatoms. The fourth-order valence-electron chi connectivity index (χ4n) is 2.82. The van der Waals surface area contributed by atoms with Crippen LogP contribution in [0.1, 0.15) is 12.8 Å². The molecule has 2 fully saturated rings. The maximum atomic E-state index is 12.4. The fourth-order valence-corrected chi connectivity index (χ4v) is 2.82. The summed E-state index contributed by atoms with van der Waals surface area (Å²) < 4.78 is 0. The number of para-hydroxylation sites is 1. The number of nitrogens with zero attached hydrogens (tertiary/aromatic N) is 1. The molecule has 0 aromatic heterocycles. The van der Waals surface area contributed by atoms with E-state index in [2.05, 4.69) is 5.32 Å². The lowest BCUT2D eigenvalue weighted by molar-refractivity contribution is -0.120. The second kappa shape index (κ2) is 4.15. The number of nitrogens with one attached hydrogen (secondary N) is 1. The Hall–Kier alpha value is -1.35. The molecule has 1 aliphatic heterocycles. The first-order chi connectivity index (χ1) is 8.29. The van der Waals surface area contributed by atoms with Crippen LogP contribution in [0.3, 0.4) is 0 Å². The highest BCUT2D eigenvalue weighted by atomic mass is 16.2. The van der Waals surface area contributed by atoms with E-state index in [0.29, 0.717) is 0 Å². The summed E-state index contributed by atoms with van der Waals surface area (Å²) in [5, 5.41) is 3.16. The first-order valence-corrected chi connectivity index (χ1v) is 6.33. The van der Waals surface area contributed by atoms with Crippen molar-refractivity contribution in [2.75, 3.05) is 18.5 Å². The van der Waals surface area contributed by atoms with E-state index in [0.717, 1.165) is 30.5 Å².